The molecule has 0 spiro atoms. The number of aryl methyl sites for hydroxylation is 1. The van der Waals surface area contributed by atoms with Gasteiger partial charge < -0.3 is 20.9 Å². The zero-order valence-corrected chi connectivity index (χ0v) is 15.0. The number of hydrogen-bond donors (Lipinski definition) is 2. The number of rotatable bonds is 4. The molecule has 2 aromatic carbocycles. The summed E-state index contributed by atoms with van der Waals surface area (Å²) in [7, 11) is 2.09. The summed E-state index contributed by atoms with van der Waals surface area (Å²) in [6, 6.07) is 13.8. The largest absolute Gasteiger partial charge is 0.398 e. The van der Waals surface area contributed by atoms with E-state index in [1.54, 1.807) is 0 Å². The van der Waals surface area contributed by atoms with Crippen molar-refractivity contribution in [3.63, 3.8) is 0 Å². The van der Waals surface area contributed by atoms with Crippen LogP contribution in [0.1, 0.15) is 21.5 Å². The Morgan fingerprint density at radius 1 is 1.08 bits per heavy atom. The number of nitrogens with zero attached hydrogens (tertiary/aromatic N) is 2. The van der Waals surface area contributed by atoms with E-state index >= 15 is 0 Å². The summed E-state index contributed by atoms with van der Waals surface area (Å²) in [5.74, 6) is 0.124. The Morgan fingerprint density at radius 2 is 1.76 bits per heavy atom. The maximum Gasteiger partial charge on any atom is 0.253 e. The van der Waals surface area contributed by atoms with Gasteiger partial charge >= 0.3 is 0 Å². The summed E-state index contributed by atoms with van der Waals surface area (Å²) in [5, 5.41) is 3.37. The zero-order chi connectivity index (χ0) is 17.8. The van der Waals surface area contributed by atoms with Gasteiger partial charge in [0.2, 0.25) is 0 Å². The quantitative estimate of drug-likeness (QED) is 0.841. The van der Waals surface area contributed by atoms with E-state index in [9.17, 15) is 4.79 Å². The molecule has 0 saturated carbocycles. The smallest absolute Gasteiger partial charge is 0.253 e. The number of amides is 1. The molecule has 0 atom stereocenters. The molecule has 1 heterocycles. The van der Waals surface area contributed by atoms with E-state index in [0.717, 1.165) is 54.2 Å². The molecule has 5 nitrogen and oxygen atoms in total. The number of nitrogen functional groups attached to an aromatic ring is 1. The van der Waals surface area contributed by atoms with Crippen molar-refractivity contribution in [3.8, 4) is 0 Å². The summed E-state index contributed by atoms with van der Waals surface area (Å²) in [6.45, 7) is 6.17. The first-order valence-electron chi connectivity index (χ1n) is 8.70. The fourth-order valence-electron chi connectivity index (χ4n) is 2.91. The minimum Gasteiger partial charge on any atom is -0.398 e. The number of piperazine rings is 1. The maximum absolute atomic E-state index is 12.5. The van der Waals surface area contributed by atoms with Crippen molar-refractivity contribution in [3.05, 3.63) is 59.2 Å². The standard InChI is InChI=1S/C20H26N4O/c1-15-3-8-18(13-19(15)21)22-14-16-4-6-17(7-5-16)20(25)24-11-9-23(2)10-12-24/h3-8,13,22H,9-12,14,21H2,1-2H3. The van der Waals surface area contributed by atoms with Crippen molar-refractivity contribution >= 4 is 17.3 Å². The predicted molar refractivity (Wildman–Crippen MR) is 103 cm³/mol. The third kappa shape index (κ3) is 4.31. The maximum atomic E-state index is 12.5. The SMILES string of the molecule is Cc1ccc(NCc2ccc(C(=O)N3CCN(C)CC3)cc2)cc1N. The molecule has 25 heavy (non-hydrogen) atoms. The number of carbonyl (C=O) groups is 1. The van der Waals surface area contributed by atoms with Crippen LogP contribution in [0.15, 0.2) is 42.5 Å². The van der Waals surface area contributed by atoms with Crippen LogP contribution in [0.4, 0.5) is 11.4 Å². The summed E-state index contributed by atoms with van der Waals surface area (Å²) >= 11 is 0. The van der Waals surface area contributed by atoms with Gasteiger partial charge in [-0.05, 0) is 49.4 Å². The van der Waals surface area contributed by atoms with Crippen LogP contribution in [0.2, 0.25) is 0 Å². The van der Waals surface area contributed by atoms with Crippen molar-refractivity contribution < 1.29 is 4.79 Å². The second-order valence-corrected chi connectivity index (χ2v) is 6.72. The van der Waals surface area contributed by atoms with E-state index in [4.69, 9.17) is 5.73 Å². The van der Waals surface area contributed by atoms with Gasteiger partial charge in [-0.2, -0.15) is 0 Å². The third-order valence-electron chi connectivity index (χ3n) is 4.77. The molecule has 5 heteroatoms. The molecule has 3 rings (SSSR count). The molecule has 3 N–H and O–H groups in total. The summed E-state index contributed by atoms with van der Waals surface area (Å²) in [6.07, 6.45) is 0. The Bertz CT molecular complexity index is 734. The Kier molecular flexibility index (Phi) is 5.24. The number of hydrogen-bond acceptors (Lipinski definition) is 4. The molecule has 1 aliphatic heterocycles. The molecule has 132 valence electrons. The summed E-state index contributed by atoms with van der Waals surface area (Å²) in [5.41, 5.74) is 10.7. The molecular weight excluding hydrogens is 312 g/mol. The molecule has 1 amide bonds. The van der Waals surface area contributed by atoms with Gasteiger partial charge in [-0.25, -0.2) is 0 Å². The van der Waals surface area contributed by atoms with E-state index in [0.29, 0.717) is 6.54 Å². The topological polar surface area (TPSA) is 61.6 Å². The van der Waals surface area contributed by atoms with Crippen LogP contribution in [0, 0.1) is 6.92 Å². The molecule has 0 radical (unpaired) electrons. The molecule has 0 aliphatic carbocycles. The minimum absolute atomic E-state index is 0.124. The van der Waals surface area contributed by atoms with E-state index in [-0.39, 0.29) is 5.91 Å². The van der Waals surface area contributed by atoms with Crippen LogP contribution in [0.25, 0.3) is 0 Å². The van der Waals surface area contributed by atoms with Gasteiger partial charge in [0.05, 0.1) is 0 Å². The highest BCUT2D eigenvalue weighted by Gasteiger charge is 2.20. The molecule has 1 fully saturated rings. The van der Waals surface area contributed by atoms with Crippen LogP contribution < -0.4 is 11.1 Å². The van der Waals surface area contributed by atoms with E-state index in [1.807, 2.05) is 54.3 Å². The highest BCUT2D eigenvalue weighted by Crippen LogP contribution is 2.18. The minimum atomic E-state index is 0.124. The van der Waals surface area contributed by atoms with Gasteiger partial charge in [0.25, 0.3) is 5.91 Å². The lowest BCUT2D eigenvalue weighted by Crippen LogP contribution is -2.47. The first-order valence-corrected chi connectivity index (χ1v) is 8.70. The van der Waals surface area contributed by atoms with Crippen molar-refractivity contribution in [1.82, 2.24) is 9.80 Å². The van der Waals surface area contributed by atoms with Crippen molar-refractivity contribution in [2.24, 2.45) is 0 Å². The van der Waals surface area contributed by atoms with Crippen LogP contribution >= 0.6 is 0 Å². The number of benzene rings is 2. The number of anilines is 2. The molecule has 0 aromatic heterocycles. The molecule has 1 saturated heterocycles. The van der Waals surface area contributed by atoms with Gasteiger partial charge in [0.1, 0.15) is 0 Å². The lowest BCUT2D eigenvalue weighted by Gasteiger charge is -2.32. The van der Waals surface area contributed by atoms with Crippen molar-refractivity contribution in [2.45, 2.75) is 13.5 Å². The molecule has 2 aromatic rings. The normalized spacial score (nSPS) is 15.2. The first kappa shape index (κ1) is 17.3. The van der Waals surface area contributed by atoms with Crippen molar-refractivity contribution in [1.29, 1.82) is 0 Å². The number of carbonyl (C=O) groups excluding carboxylic acids is 1. The lowest BCUT2D eigenvalue weighted by molar-refractivity contribution is 0.0664. The fourth-order valence-corrected chi connectivity index (χ4v) is 2.91. The van der Waals surface area contributed by atoms with Crippen LogP contribution in [-0.4, -0.2) is 48.9 Å². The Morgan fingerprint density at radius 3 is 2.40 bits per heavy atom. The fraction of sp³-hybridized carbons (Fsp3) is 0.350. The zero-order valence-electron chi connectivity index (χ0n) is 15.0. The number of likely N-dealkylation sites (N-methyl/N-ethyl adjacent to an activating group) is 1. The van der Waals surface area contributed by atoms with Crippen molar-refractivity contribution in [2.75, 3.05) is 44.3 Å². The summed E-state index contributed by atoms with van der Waals surface area (Å²) in [4.78, 5) is 16.7. The lowest BCUT2D eigenvalue weighted by atomic mass is 10.1. The molecular formula is C20H26N4O. The Labute approximate surface area is 149 Å². The van der Waals surface area contributed by atoms with Crippen LogP contribution in [0.5, 0.6) is 0 Å². The van der Waals surface area contributed by atoms with Gasteiger partial charge in [-0.15, -0.1) is 0 Å². The molecule has 0 unspecified atom stereocenters. The Hall–Kier alpha value is -2.53. The number of nitrogens with one attached hydrogen (secondary N) is 1. The number of nitrogens with two attached hydrogens (primary N) is 1. The first-order chi connectivity index (χ1) is 12.0. The van der Waals surface area contributed by atoms with Gasteiger partial charge in [-0.3, -0.25) is 4.79 Å². The highest BCUT2D eigenvalue weighted by atomic mass is 16.2. The second-order valence-electron chi connectivity index (χ2n) is 6.72. The van der Waals surface area contributed by atoms with Gasteiger partial charge in [0.15, 0.2) is 0 Å². The highest BCUT2D eigenvalue weighted by molar-refractivity contribution is 5.94. The predicted octanol–water partition coefficient (Wildman–Crippen LogP) is 2.58. The van der Waals surface area contributed by atoms with E-state index < -0.39 is 0 Å². The average molecular weight is 338 g/mol. The second kappa shape index (κ2) is 7.57. The monoisotopic (exact) mass is 338 g/mol. The Balaban J connectivity index is 1.58. The molecule has 0 bridgehead atoms. The van der Waals surface area contributed by atoms with E-state index in [2.05, 4.69) is 17.3 Å². The molecule has 1 aliphatic rings. The van der Waals surface area contributed by atoms with E-state index in [1.165, 1.54) is 0 Å². The van der Waals surface area contributed by atoms with Gasteiger partial charge in [0, 0.05) is 49.7 Å². The van der Waals surface area contributed by atoms with Crippen LogP contribution in [-0.2, 0) is 6.54 Å². The van der Waals surface area contributed by atoms with Gasteiger partial charge in [-0.1, -0.05) is 18.2 Å². The van der Waals surface area contributed by atoms with Crippen LogP contribution in [0.3, 0.4) is 0 Å². The average Bonchev–Trinajstić information content (AvgIpc) is 2.63. The summed E-state index contributed by atoms with van der Waals surface area (Å²) < 4.78 is 0. The third-order valence-corrected chi connectivity index (χ3v) is 4.77.